The number of fused-ring (bicyclic) bond motifs is 1. The predicted molar refractivity (Wildman–Crippen MR) is 49.0 cm³/mol. The Balaban J connectivity index is 0.00000128. The molecule has 0 bridgehead atoms. The molecule has 0 unspecified atom stereocenters. The summed E-state index contributed by atoms with van der Waals surface area (Å²) in [4.78, 5) is 10.8. The van der Waals surface area contributed by atoms with Gasteiger partial charge < -0.3 is 17.7 Å². The second-order valence-corrected chi connectivity index (χ2v) is 3.19. The first-order valence-electron chi connectivity index (χ1n) is 4.23. The second-order valence-electron chi connectivity index (χ2n) is 3.19. The Kier molecular flexibility index (Phi) is 4.47. The zero-order chi connectivity index (χ0) is 11.1. The van der Waals surface area contributed by atoms with Gasteiger partial charge in [0.15, 0.2) is 0 Å². The maximum atomic E-state index is 12.4. The molecule has 8 heteroatoms. The van der Waals surface area contributed by atoms with E-state index in [1.807, 2.05) is 0 Å². The van der Waals surface area contributed by atoms with Gasteiger partial charge in [0.05, 0.1) is 5.69 Å². The van der Waals surface area contributed by atoms with E-state index in [4.69, 9.17) is 0 Å². The van der Waals surface area contributed by atoms with Crippen LogP contribution in [0.2, 0.25) is 0 Å². The molecule has 1 aliphatic rings. The maximum Gasteiger partial charge on any atom is 1.00 e. The Morgan fingerprint density at radius 3 is 2.62 bits per heavy atom. The minimum atomic E-state index is -5.01. The van der Waals surface area contributed by atoms with Crippen molar-refractivity contribution in [3.8, 4) is 0 Å². The average Bonchev–Trinajstić information content (AvgIpc) is 2.15. The van der Waals surface area contributed by atoms with Crippen LogP contribution < -0.4 is 62.2 Å². The fraction of sp³-hybridized carbons (Fsp3) is 0.125. The zero-order valence-electron chi connectivity index (χ0n) is 8.47. The van der Waals surface area contributed by atoms with Crippen molar-refractivity contribution in [2.45, 2.75) is 6.61 Å². The van der Waals surface area contributed by atoms with Gasteiger partial charge >= 0.3 is 64.5 Å². The van der Waals surface area contributed by atoms with Gasteiger partial charge in [-0.05, 0) is 6.07 Å². The Bertz CT molecular complexity index is 424. The van der Waals surface area contributed by atoms with Gasteiger partial charge in [0.1, 0.15) is 6.61 Å². The SMILES string of the molecule is O=C1Nc2ccc([B-](F)(F)F)cc2CO1.[K+]. The molecule has 1 amide bonds. The number of carbonyl (C=O) groups is 1. The summed E-state index contributed by atoms with van der Waals surface area (Å²) in [5.41, 5.74) is 0.0230. The smallest absolute Gasteiger partial charge is 0.445 e. The first-order valence-corrected chi connectivity index (χ1v) is 4.23. The summed E-state index contributed by atoms with van der Waals surface area (Å²) in [7, 11) is 0. The first-order chi connectivity index (χ1) is 6.97. The molecule has 16 heavy (non-hydrogen) atoms. The van der Waals surface area contributed by atoms with Gasteiger partial charge in [0.25, 0.3) is 0 Å². The van der Waals surface area contributed by atoms with Crippen LogP contribution in [0.5, 0.6) is 0 Å². The molecule has 0 radical (unpaired) electrons. The number of cyclic esters (lactones) is 1. The average molecular weight is 255 g/mol. The number of halogens is 3. The second kappa shape index (κ2) is 5.09. The summed E-state index contributed by atoms with van der Waals surface area (Å²) >= 11 is 0. The van der Waals surface area contributed by atoms with Crippen LogP contribution in [-0.2, 0) is 11.3 Å². The van der Waals surface area contributed by atoms with Gasteiger partial charge in [-0.25, -0.2) is 4.79 Å². The van der Waals surface area contributed by atoms with Crippen molar-refractivity contribution in [2.24, 2.45) is 0 Å². The van der Waals surface area contributed by atoms with Crippen molar-refractivity contribution >= 4 is 24.2 Å². The molecule has 1 aliphatic heterocycles. The van der Waals surface area contributed by atoms with E-state index in [9.17, 15) is 17.7 Å². The molecule has 80 valence electrons. The molecule has 1 heterocycles. The number of hydrogen-bond donors (Lipinski definition) is 1. The summed E-state index contributed by atoms with van der Waals surface area (Å²) in [6, 6.07) is 3.18. The van der Waals surface area contributed by atoms with E-state index >= 15 is 0 Å². The molecule has 0 fully saturated rings. The summed E-state index contributed by atoms with van der Waals surface area (Å²) in [6.07, 6.45) is -0.646. The predicted octanol–water partition coefficient (Wildman–Crippen LogP) is -1.19. The minimum Gasteiger partial charge on any atom is -0.445 e. The number of carbonyl (C=O) groups excluding carboxylic acids is 1. The molecule has 1 aromatic rings. The van der Waals surface area contributed by atoms with Crippen molar-refractivity contribution in [3.05, 3.63) is 23.8 Å². The molecule has 0 atom stereocenters. The molecule has 1 N–H and O–H groups in total. The number of hydrogen-bond acceptors (Lipinski definition) is 2. The van der Waals surface area contributed by atoms with Crippen LogP contribution >= 0.6 is 0 Å². The number of nitrogens with one attached hydrogen (secondary N) is 1. The number of anilines is 1. The normalized spacial score (nSPS) is 14.3. The standard InChI is InChI=1S/C8H6BF3NO2.K/c10-9(11,12)6-1-2-7-5(3-6)4-15-8(14)13-7;/h1-3H,4H2,(H,13,14);/q-1;+1. The van der Waals surface area contributed by atoms with Crippen molar-refractivity contribution in [2.75, 3.05) is 5.32 Å². The molecule has 0 spiro atoms. The van der Waals surface area contributed by atoms with E-state index in [1.54, 1.807) is 0 Å². The van der Waals surface area contributed by atoms with Crippen LogP contribution in [-0.4, -0.2) is 13.1 Å². The van der Waals surface area contributed by atoms with Gasteiger partial charge in [0.2, 0.25) is 0 Å². The minimum absolute atomic E-state index is 0. The van der Waals surface area contributed by atoms with E-state index in [2.05, 4.69) is 10.1 Å². The third-order valence-corrected chi connectivity index (χ3v) is 2.10. The van der Waals surface area contributed by atoms with E-state index in [0.29, 0.717) is 11.3 Å². The van der Waals surface area contributed by atoms with Crippen LogP contribution in [0.15, 0.2) is 18.2 Å². The topological polar surface area (TPSA) is 38.3 Å². The molecule has 0 aromatic heterocycles. The van der Waals surface area contributed by atoms with Crippen LogP contribution in [0.4, 0.5) is 23.4 Å². The molecule has 0 saturated carbocycles. The summed E-state index contributed by atoms with van der Waals surface area (Å²) in [5.74, 6) is 0. The van der Waals surface area contributed by atoms with E-state index in [1.165, 1.54) is 6.07 Å². The summed E-state index contributed by atoms with van der Waals surface area (Å²) in [5, 5.41) is 2.32. The van der Waals surface area contributed by atoms with Crippen LogP contribution in [0, 0.1) is 0 Å². The molecular formula is C8H6BF3KNO2. The Morgan fingerprint density at radius 1 is 1.31 bits per heavy atom. The number of rotatable bonds is 1. The largest absolute Gasteiger partial charge is 1.00 e. The molecule has 3 nitrogen and oxygen atoms in total. The molecule has 0 saturated heterocycles. The van der Waals surface area contributed by atoms with Gasteiger partial charge in [-0.2, -0.15) is 0 Å². The quantitative estimate of drug-likeness (QED) is 0.641. The van der Waals surface area contributed by atoms with E-state index in [-0.39, 0.29) is 58.0 Å². The van der Waals surface area contributed by atoms with E-state index < -0.39 is 18.5 Å². The maximum absolute atomic E-state index is 12.4. The Labute approximate surface area is 132 Å². The number of amides is 1. The molecule has 0 aliphatic carbocycles. The van der Waals surface area contributed by atoms with Crippen LogP contribution in [0.3, 0.4) is 0 Å². The van der Waals surface area contributed by atoms with Crippen LogP contribution in [0.25, 0.3) is 0 Å². The van der Waals surface area contributed by atoms with Crippen molar-refractivity contribution in [1.29, 1.82) is 0 Å². The van der Waals surface area contributed by atoms with Crippen molar-refractivity contribution < 1.29 is 73.9 Å². The van der Waals surface area contributed by atoms with Crippen molar-refractivity contribution in [3.63, 3.8) is 0 Å². The third kappa shape index (κ3) is 3.01. The van der Waals surface area contributed by atoms with Crippen LogP contribution in [0.1, 0.15) is 5.56 Å². The van der Waals surface area contributed by atoms with Gasteiger partial charge in [0, 0.05) is 5.56 Å². The van der Waals surface area contributed by atoms with Crippen molar-refractivity contribution in [1.82, 2.24) is 0 Å². The van der Waals surface area contributed by atoms with E-state index in [0.717, 1.165) is 12.1 Å². The Morgan fingerprint density at radius 2 is 2.00 bits per heavy atom. The monoisotopic (exact) mass is 255 g/mol. The number of ether oxygens (including phenoxy) is 1. The molecule has 2 rings (SSSR count). The molecule has 1 aromatic carbocycles. The number of benzene rings is 1. The first kappa shape index (κ1) is 14.0. The third-order valence-electron chi connectivity index (χ3n) is 2.10. The van der Waals surface area contributed by atoms with Gasteiger partial charge in [-0.3, -0.25) is 5.32 Å². The summed E-state index contributed by atoms with van der Waals surface area (Å²) < 4.78 is 41.7. The van der Waals surface area contributed by atoms with Gasteiger partial charge in [-0.15, -0.1) is 5.46 Å². The van der Waals surface area contributed by atoms with Gasteiger partial charge in [-0.1, -0.05) is 12.1 Å². The fourth-order valence-corrected chi connectivity index (χ4v) is 1.35. The Hall–Kier alpha value is -0.0187. The molecular weight excluding hydrogens is 249 g/mol. The summed E-state index contributed by atoms with van der Waals surface area (Å²) in [6.45, 7) is -5.13. The zero-order valence-corrected chi connectivity index (χ0v) is 11.6. The fourth-order valence-electron chi connectivity index (χ4n) is 1.35.